The van der Waals surface area contributed by atoms with E-state index >= 15 is 0 Å². The molecule has 1 amide bonds. The van der Waals surface area contributed by atoms with Crippen LogP contribution in [-0.2, 0) is 4.79 Å². The molecule has 0 aliphatic rings. The summed E-state index contributed by atoms with van der Waals surface area (Å²) in [4.78, 5) is 13.9. The molecule has 0 saturated heterocycles. The lowest BCUT2D eigenvalue weighted by Gasteiger charge is -2.35. The molecule has 0 bridgehead atoms. The van der Waals surface area contributed by atoms with Crippen LogP contribution >= 0.6 is 0 Å². The van der Waals surface area contributed by atoms with Crippen LogP contribution in [0.2, 0.25) is 0 Å². The predicted octanol–water partition coefficient (Wildman–Crippen LogP) is 2.32. The van der Waals surface area contributed by atoms with Crippen molar-refractivity contribution in [3.63, 3.8) is 0 Å². The lowest BCUT2D eigenvalue weighted by molar-refractivity contribution is -0.135. The smallest absolute Gasteiger partial charge is 0.224 e. The van der Waals surface area contributed by atoms with E-state index < -0.39 is 0 Å². The summed E-state index contributed by atoms with van der Waals surface area (Å²) in [6, 6.07) is -0.0211. The van der Waals surface area contributed by atoms with Crippen LogP contribution < -0.4 is 5.73 Å². The first kappa shape index (κ1) is 15.2. The Morgan fingerprint density at radius 3 is 2.44 bits per heavy atom. The Balaban J connectivity index is 4.45. The van der Waals surface area contributed by atoms with Crippen molar-refractivity contribution < 1.29 is 4.79 Å². The third kappa shape index (κ3) is 5.31. The van der Waals surface area contributed by atoms with Gasteiger partial charge in [-0.05, 0) is 27.2 Å². The van der Waals surface area contributed by atoms with Gasteiger partial charge in [0, 0.05) is 24.5 Å². The van der Waals surface area contributed by atoms with Gasteiger partial charge < -0.3 is 10.6 Å². The van der Waals surface area contributed by atoms with Crippen molar-refractivity contribution in [2.45, 2.75) is 58.5 Å². The molecule has 0 aliphatic carbocycles. The summed E-state index contributed by atoms with van der Waals surface area (Å²) < 4.78 is 0. The summed E-state index contributed by atoms with van der Waals surface area (Å²) in [6.07, 6.45) is 4.11. The minimum Gasteiger partial charge on any atom is -0.334 e. The van der Waals surface area contributed by atoms with Gasteiger partial charge in [-0.1, -0.05) is 19.4 Å². The molecule has 0 fully saturated rings. The molecule has 1 atom stereocenters. The maximum absolute atomic E-state index is 12.1. The molecule has 0 aromatic rings. The summed E-state index contributed by atoms with van der Waals surface area (Å²) in [5, 5.41) is 0. The minimum absolute atomic E-state index is 0.0211. The maximum Gasteiger partial charge on any atom is 0.224 e. The fourth-order valence-electron chi connectivity index (χ4n) is 1.69. The van der Waals surface area contributed by atoms with Gasteiger partial charge in [0.1, 0.15) is 0 Å². The predicted molar refractivity (Wildman–Crippen MR) is 69.2 cm³/mol. The first-order valence-corrected chi connectivity index (χ1v) is 5.99. The fraction of sp³-hybridized carbons (Fsp3) is 0.769. The van der Waals surface area contributed by atoms with Crippen LogP contribution in [0.3, 0.4) is 0 Å². The van der Waals surface area contributed by atoms with E-state index in [9.17, 15) is 4.79 Å². The Morgan fingerprint density at radius 2 is 2.06 bits per heavy atom. The van der Waals surface area contributed by atoms with Gasteiger partial charge >= 0.3 is 0 Å². The van der Waals surface area contributed by atoms with E-state index in [-0.39, 0.29) is 17.5 Å². The van der Waals surface area contributed by atoms with E-state index in [0.717, 1.165) is 12.8 Å². The second-order valence-corrected chi connectivity index (χ2v) is 5.22. The summed E-state index contributed by atoms with van der Waals surface area (Å²) in [7, 11) is 0. The topological polar surface area (TPSA) is 46.3 Å². The Hall–Kier alpha value is -0.830. The Kier molecular flexibility index (Phi) is 6.34. The average molecular weight is 226 g/mol. The lowest BCUT2D eigenvalue weighted by Crippen LogP contribution is -2.47. The highest BCUT2D eigenvalue weighted by Gasteiger charge is 2.25. The van der Waals surface area contributed by atoms with E-state index in [1.165, 1.54) is 0 Å². The quantitative estimate of drug-likeness (QED) is 0.706. The number of hydrogen-bond donors (Lipinski definition) is 1. The number of amides is 1. The van der Waals surface area contributed by atoms with Gasteiger partial charge in [0.15, 0.2) is 0 Å². The Morgan fingerprint density at radius 1 is 1.50 bits per heavy atom. The van der Waals surface area contributed by atoms with Crippen LogP contribution in [0.1, 0.15) is 47.0 Å². The largest absolute Gasteiger partial charge is 0.334 e. The molecule has 0 heterocycles. The normalized spacial score (nSPS) is 13.3. The number of carbonyl (C=O) groups excluding carboxylic acids is 1. The summed E-state index contributed by atoms with van der Waals surface area (Å²) >= 11 is 0. The Labute approximate surface area is 99.7 Å². The van der Waals surface area contributed by atoms with Crippen LogP contribution in [0.4, 0.5) is 0 Å². The van der Waals surface area contributed by atoms with E-state index in [1.807, 2.05) is 25.7 Å². The highest BCUT2D eigenvalue weighted by molar-refractivity contribution is 5.77. The highest BCUT2D eigenvalue weighted by Crippen LogP contribution is 2.15. The van der Waals surface area contributed by atoms with Gasteiger partial charge in [-0.25, -0.2) is 0 Å². The second kappa shape index (κ2) is 6.69. The molecule has 0 aromatic carbocycles. The van der Waals surface area contributed by atoms with Crippen LogP contribution in [0.15, 0.2) is 12.7 Å². The molecule has 94 valence electrons. The molecule has 2 N–H and O–H groups in total. The summed E-state index contributed by atoms with van der Waals surface area (Å²) in [5.41, 5.74) is 5.72. The number of carbonyl (C=O) groups is 1. The van der Waals surface area contributed by atoms with Crippen molar-refractivity contribution in [3.8, 4) is 0 Å². The molecule has 0 aromatic heterocycles. The summed E-state index contributed by atoms with van der Waals surface area (Å²) in [6.45, 7) is 12.4. The van der Waals surface area contributed by atoms with Gasteiger partial charge in [0.2, 0.25) is 5.91 Å². The molecule has 3 nitrogen and oxygen atoms in total. The van der Waals surface area contributed by atoms with Crippen molar-refractivity contribution in [2.24, 2.45) is 5.73 Å². The SMILES string of the molecule is C=CCN(C(=O)CC(N)CCC)C(C)(C)C. The molecule has 0 aliphatic heterocycles. The maximum atomic E-state index is 12.1. The molecular formula is C13H26N2O. The number of hydrogen-bond acceptors (Lipinski definition) is 2. The Bertz CT molecular complexity index is 231. The first-order chi connectivity index (χ1) is 7.32. The van der Waals surface area contributed by atoms with Crippen molar-refractivity contribution in [1.29, 1.82) is 0 Å². The molecular weight excluding hydrogens is 200 g/mol. The van der Waals surface area contributed by atoms with Crippen molar-refractivity contribution in [3.05, 3.63) is 12.7 Å². The van der Waals surface area contributed by atoms with Crippen LogP contribution in [0, 0.1) is 0 Å². The van der Waals surface area contributed by atoms with Gasteiger partial charge in [-0.3, -0.25) is 4.79 Å². The first-order valence-electron chi connectivity index (χ1n) is 5.99. The van der Waals surface area contributed by atoms with E-state index in [1.54, 1.807) is 6.08 Å². The van der Waals surface area contributed by atoms with E-state index in [0.29, 0.717) is 13.0 Å². The number of rotatable bonds is 6. The third-order valence-electron chi connectivity index (χ3n) is 2.52. The standard InChI is InChI=1S/C13H26N2O/c1-6-8-11(14)10-12(16)15(9-7-2)13(3,4)5/h7,11H,2,6,8-10,14H2,1,3-5H3. The molecule has 16 heavy (non-hydrogen) atoms. The molecule has 1 unspecified atom stereocenters. The molecule has 0 saturated carbocycles. The molecule has 0 radical (unpaired) electrons. The highest BCUT2D eigenvalue weighted by atomic mass is 16.2. The summed E-state index contributed by atoms with van der Waals surface area (Å²) in [5.74, 6) is 0.119. The number of nitrogens with two attached hydrogens (primary N) is 1. The second-order valence-electron chi connectivity index (χ2n) is 5.22. The zero-order valence-corrected chi connectivity index (χ0v) is 11.1. The average Bonchev–Trinajstić information content (AvgIpc) is 2.12. The number of nitrogens with zero attached hydrogens (tertiary/aromatic N) is 1. The third-order valence-corrected chi connectivity index (χ3v) is 2.52. The molecule has 0 rings (SSSR count). The van der Waals surface area contributed by atoms with Gasteiger partial charge in [0.05, 0.1) is 0 Å². The van der Waals surface area contributed by atoms with Crippen LogP contribution in [0.5, 0.6) is 0 Å². The van der Waals surface area contributed by atoms with Crippen LogP contribution in [0.25, 0.3) is 0 Å². The van der Waals surface area contributed by atoms with Gasteiger partial charge in [0.25, 0.3) is 0 Å². The zero-order valence-electron chi connectivity index (χ0n) is 11.1. The fourth-order valence-corrected chi connectivity index (χ4v) is 1.69. The van der Waals surface area contributed by atoms with Crippen molar-refractivity contribution >= 4 is 5.91 Å². The van der Waals surface area contributed by atoms with Crippen molar-refractivity contribution in [1.82, 2.24) is 4.90 Å². The zero-order chi connectivity index (χ0) is 12.8. The minimum atomic E-state index is -0.169. The van der Waals surface area contributed by atoms with Crippen molar-refractivity contribution in [2.75, 3.05) is 6.54 Å². The van der Waals surface area contributed by atoms with E-state index in [4.69, 9.17) is 5.73 Å². The monoisotopic (exact) mass is 226 g/mol. The lowest BCUT2D eigenvalue weighted by atomic mass is 10.0. The van der Waals surface area contributed by atoms with Crippen LogP contribution in [-0.4, -0.2) is 28.9 Å². The molecule has 3 heteroatoms. The molecule has 0 spiro atoms. The van der Waals surface area contributed by atoms with E-state index in [2.05, 4.69) is 13.5 Å². The van der Waals surface area contributed by atoms with Gasteiger partial charge in [-0.15, -0.1) is 6.58 Å². The van der Waals surface area contributed by atoms with Gasteiger partial charge in [-0.2, -0.15) is 0 Å².